The Morgan fingerprint density at radius 1 is 1.06 bits per heavy atom. The lowest BCUT2D eigenvalue weighted by atomic mass is 10.1. The van der Waals surface area contributed by atoms with Crippen LogP contribution in [0.4, 0.5) is 30.4 Å². The molecule has 12 heteroatoms. The molecule has 190 valence electrons. The van der Waals surface area contributed by atoms with Crippen LogP contribution in [-0.2, 0) is 25.2 Å². The molecular formula is C24H22ClF3N4O4. The number of carbonyl (C=O) groups is 2. The third kappa shape index (κ3) is 6.16. The van der Waals surface area contributed by atoms with Crippen LogP contribution < -0.4 is 15.5 Å². The van der Waals surface area contributed by atoms with Crippen molar-refractivity contribution in [3.8, 4) is 0 Å². The van der Waals surface area contributed by atoms with Gasteiger partial charge in [0.1, 0.15) is 11.5 Å². The first-order chi connectivity index (χ1) is 17.2. The van der Waals surface area contributed by atoms with Gasteiger partial charge in [-0.05, 0) is 30.4 Å². The van der Waals surface area contributed by atoms with Gasteiger partial charge in [-0.15, -0.1) is 0 Å². The molecule has 0 fully saturated rings. The SMILES string of the molecule is COC(=O)C1=C(C(=O)OC)N(c2ccccc2NCCNc2ncc(C(F)(F)F)cc2Cl)C=CC=C1. The molecule has 1 aromatic carbocycles. The average Bonchev–Trinajstić information content (AvgIpc) is 3.09. The molecule has 1 aliphatic rings. The van der Waals surface area contributed by atoms with Gasteiger partial charge < -0.3 is 25.0 Å². The maximum absolute atomic E-state index is 12.8. The minimum absolute atomic E-state index is 0.00818. The number of para-hydroxylation sites is 2. The minimum Gasteiger partial charge on any atom is -0.465 e. The van der Waals surface area contributed by atoms with Crippen molar-refractivity contribution < 1.29 is 32.2 Å². The fraction of sp³-hybridized carbons (Fsp3) is 0.208. The largest absolute Gasteiger partial charge is 0.465 e. The summed E-state index contributed by atoms with van der Waals surface area (Å²) in [7, 11) is 2.41. The Hall–Kier alpha value is -3.99. The quantitative estimate of drug-likeness (QED) is 0.378. The molecule has 0 aliphatic carbocycles. The second-order valence-corrected chi connectivity index (χ2v) is 7.65. The van der Waals surface area contributed by atoms with Crippen molar-refractivity contribution in [1.29, 1.82) is 0 Å². The summed E-state index contributed by atoms with van der Waals surface area (Å²) in [6.07, 6.45) is 2.46. The van der Waals surface area contributed by atoms with E-state index in [0.717, 1.165) is 6.07 Å². The highest BCUT2D eigenvalue weighted by atomic mass is 35.5. The number of esters is 2. The molecule has 1 aliphatic heterocycles. The second kappa shape index (κ2) is 11.6. The van der Waals surface area contributed by atoms with Crippen LogP contribution in [0.1, 0.15) is 5.56 Å². The number of carbonyl (C=O) groups excluding carboxylic acids is 2. The average molecular weight is 523 g/mol. The lowest BCUT2D eigenvalue weighted by molar-refractivity contribution is -0.139. The molecule has 1 aromatic heterocycles. The van der Waals surface area contributed by atoms with E-state index < -0.39 is 23.7 Å². The predicted octanol–water partition coefficient (Wildman–Crippen LogP) is 4.77. The number of pyridine rings is 1. The molecule has 0 saturated heterocycles. The van der Waals surface area contributed by atoms with Gasteiger partial charge in [0.25, 0.3) is 0 Å². The van der Waals surface area contributed by atoms with Crippen LogP contribution in [-0.4, -0.2) is 44.2 Å². The van der Waals surface area contributed by atoms with Crippen molar-refractivity contribution in [3.05, 3.63) is 82.8 Å². The highest BCUT2D eigenvalue weighted by Crippen LogP contribution is 2.33. The summed E-state index contributed by atoms with van der Waals surface area (Å²) in [6, 6.07) is 7.83. The highest BCUT2D eigenvalue weighted by molar-refractivity contribution is 6.33. The Morgan fingerprint density at radius 2 is 1.75 bits per heavy atom. The number of benzene rings is 1. The van der Waals surface area contributed by atoms with Gasteiger partial charge in [-0.1, -0.05) is 29.8 Å². The maximum atomic E-state index is 12.8. The summed E-state index contributed by atoms with van der Waals surface area (Å²) in [6.45, 7) is 0.573. The molecule has 0 saturated carbocycles. The van der Waals surface area contributed by atoms with Gasteiger partial charge in [-0.25, -0.2) is 14.6 Å². The number of aromatic nitrogens is 1. The molecule has 0 spiro atoms. The van der Waals surface area contributed by atoms with E-state index in [1.807, 2.05) is 0 Å². The van der Waals surface area contributed by atoms with E-state index in [1.54, 1.807) is 42.6 Å². The zero-order chi connectivity index (χ0) is 26.3. The van der Waals surface area contributed by atoms with Crippen LogP contribution in [0, 0.1) is 0 Å². The third-order valence-corrected chi connectivity index (χ3v) is 5.24. The molecule has 2 N–H and O–H groups in total. The van der Waals surface area contributed by atoms with Gasteiger partial charge in [0.15, 0.2) is 0 Å². The van der Waals surface area contributed by atoms with Crippen LogP contribution in [0.3, 0.4) is 0 Å². The number of nitrogens with one attached hydrogen (secondary N) is 2. The summed E-state index contributed by atoms with van der Waals surface area (Å²) in [4.78, 5) is 30.3. The van der Waals surface area contributed by atoms with E-state index in [4.69, 9.17) is 21.1 Å². The van der Waals surface area contributed by atoms with Gasteiger partial charge in [-0.3, -0.25) is 0 Å². The Morgan fingerprint density at radius 3 is 2.42 bits per heavy atom. The van der Waals surface area contributed by atoms with Crippen LogP contribution in [0.2, 0.25) is 5.02 Å². The molecule has 3 rings (SSSR count). The monoisotopic (exact) mass is 522 g/mol. The van der Waals surface area contributed by atoms with Crippen LogP contribution in [0.5, 0.6) is 0 Å². The van der Waals surface area contributed by atoms with Crippen LogP contribution in [0.15, 0.2) is 72.2 Å². The molecule has 0 bridgehead atoms. The number of halogens is 4. The fourth-order valence-corrected chi connectivity index (χ4v) is 3.52. The molecular weight excluding hydrogens is 501 g/mol. The van der Waals surface area contributed by atoms with E-state index in [0.29, 0.717) is 24.1 Å². The molecule has 8 nitrogen and oxygen atoms in total. The lowest BCUT2D eigenvalue weighted by Gasteiger charge is -2.25. The van der Waals surface area contributed by atoms with Gasteiger partial charge in [0.2, 0.25) is 0 Å². The van der Waals surface area contributed by atoms with Crippen molar-refractivity contribution in [2.24, 2.45) is 0 Å². The molecule has 36 heavy (non-hydrogen) atoms. The van der Waals surface area contributed by atoms with Crippen LogP contribution in [0.25, 0.3) is 0 Å². The van der Waals surface area contributed by atoms with Gasteiger partial charge in [0, 0.05) is 25.5 Å². The third-order valence-electron chi connectivity index (χ3n) is 4.95. The Bertz CT molecular complexity index is 1230. The van der Waals surface area contributed by atoms with Crippen molar-refractivity contribution in [3.63, 3.8) is 0 Å². The summed E-state index contributed by atoms with van der Waals surface area (Å²) < 4.78 is 48.1. The number of rotatable bonds is 8. The molecule has 2 heterocycles. The number of alkyl halides is 3. The topological polar surface area (TPSA) is 92.8 Å². The van der Waals surface area contributed by atoms with Gasteiger partial charge in [-0.2, -0.15) is 13.2 Å². The van der Waals surface area contributed by atoms with Crippen molar-refractivity contribution in [1.82, 2.24) is 4.98 Å². The fourth-order valence-electron chi connectivity index (χ4n) is 3.29. The van der Waals surface area contributed by atoms with E-state index >= 15 is 0 Å². The normalized spacial score (nSPS) is 13.3. The summed E-state index contributed by atoms with van der Waals surface area (Å²) in [5.41, 5.74) is 0.162. The van der Waals surface area contributed by atoms with Gasteiger partial charge >= 0.3 is 18.1 Å². The number of allylic oxidation sites excluding steroid dienone is 2. The van der Waals surface area contributed by atoms with E-state index in [-0.39, 0.29) is 28.7 Å². The second-order valence-electron chi connectivity index (χ2n) is 7.24. The number of ether oxygens (including phenoxy) is 2. The Balaban J connectivity index is 1.80. The van der Waals surface area contributed by atoms with E-state index in [9.17, 15) is 22.8 Å². The predicted molar refractivity (Wildman–Crippen MR) is 129 cm³/mol. The summed E-state index contributed by atoms with van der Waals surface area (Å²) in [5, 5.41) is 5.92. The standard InChI is InChI=1S/C24H22ClF3N4O4/c1-35-22(33)16-7-5-6-12-32(20(16)23(34)36-2)19-9-4-3-8-18(19)29-10-11-30-21-17(25)13-15(14-31-21)24(26,27)28/h3-9,12-14,29H,10-11H2,1-2H3,(H,30,31). The van der Waals surface area contributed by atoms with Gasteiger partial charge in [0.05, 0.1) is 41.8 Å². The smallest absolute Gasteiger partial charge is 0.417 e. The van der Waals surface area contributed by atoms with Crippen molar-refractivity contribution >= 4 is 40.7 Å². The first-order valence-corrected chi connectivity index (χ1v) is 10.9. The van der Waals surface area contributed by atoms with Crippen molar-refractivity contribution in [2.45, 2.75) is 6.18 Å². The minimum atomic E-state index is -4.54. The Kier molecular flexibility index (Phi) is 8.59. The first kappa shape index (κ1) is 26.6. The van der Waals surface area contributed by atoms with Crippen molar-refractivity contribution in [2.75, 3.05) is 42.8 Å². The summed E-state index contributed by atoms with van der Waals surface area (Å²) in [5.74, 6) is -1.35. The van der Waals surface area contributed by atoms with Crippen LogP contribution >= 0.6 is 11.6 Å². The zero-order valence-electron chi connectivity index (χ0n) is 19.2. The first-order valence-electron chi connectivity index (χ1n) is 10.5. The number of hydrogen-bond acceptors (Lipinski definition) is 8. The molecule has 0 atom stereocenters. The molecule has 0 unspecified atom stereocenters. The van der Waals surface area contributed by atoms with E-state index in [1.165, 1.54) is 25.2 Å². The molecule has 2 aromatic rings. The highest BCUT2D eigenvalue weighted by Gasteiger charge is 2.31. The zero-order valence-corrected chi connectivity index (χ0v) is 20.0. The number of hydrogen-bond donors (Lipinski definition) is 2. The Labute approximate surface area is 210 Å². The maximum Gasteiger partial charge on any atom is 0.417 e. The lowest BCUT2D eigenvalue weighted by Crippen LogP contribution is -2.27. The number of anilines is 3. The number of nitrogens with zero attached hydrogens (tertiary/aromatic N) is 2. The summed E-state index contributed by atoms with van der Waals surface area (Å²) >= 11 is 5.93. The molecule has 0 amide bonds. The van der Waals surface area contributed by atoms with E-state index in [2.05, 4.69) is 15.6 Å². The number of methoxy groups -OCH3 is 2. The molecule has 0 radical (unpaired) electrons.